The van der Waals surface area contributed by atoms with Gasteiger partial charge in [-0.15, -0.1) is 0 Å². The summed E-state index contributed by atoms with van der Waals surface area (Å²) in [7, 11) is 0. The highest BCUT2D eigenvalue weighted by molar-refractivity contribution is 5.04. The Hall–Kier alpha value is -0.0800. The number of hydrogen-bond acceptors (Lipinski definition) is 2. The van der Waals surface area contributed by atoms with E-state index in [2.05, 4.69) is 24.1 Å². The van der Waals surface area contributed by atoms with Crippen LogP contribution in [0.3, 0.4) is 0 Å². The van der Waals surface area contributed by atoms with Gasteiger partial charge in [0.25, 0.3) is 0 Å². The van der Waals surface area contributed by atoms with E-state index < -0.39 is 0 Å². The minimum Gasteiger partial charge on any atom is -0.308 e. The first-order chi connectivity index (χ1) is 9.68. The summed E-state index contributed by atoms with van der Waals surface area (Å²) < 4.78 is 0. The van der Waals surface area contributed by atoms with E-state index >= 15 is 0 Å². The predicted molar refractivity (Wildman–Crippen MR) is 86.1 cm³/mol. The highest BCUT2D eigenvalue weighted by atomic mass is 15.3. The lowest BCUT2D eigenvalue weighted by molar-refractivity contribution is -0.0376. The lowest BCUT2D eigenvalue weighted by atomic mass is 9.75. The first-order valence-corrected chi connectivity index (χ1v) is 9.19. The summed E-state index contributed by atoms with van der Waals surface area (Å²) in [6, 6.07) is 0.769. The van der Waals surface area contributed by atoms with Crippen molar-refractivity contribution >= 4 is 0 Å². The lowest BCUT2D eigenvalue weighted by Gasteiger charge is -2.56. The molecule has 2 aliphatic carbocycles. The molecule has 0 aromatic rings. The molecule has 3 aliphatic rings. The SMILES string of the molecule is CCC1CNC2(CCCCC2)CN1C1(C)CCCCC1. The van der Waals surface area contributed by atoms with E-state index in [4.69, 9.17) is 0 Å². The topological polar surface area (TPSA) is 15.3 Å². The largest absolute Gasteiger partial charge is 0.308 e. The lowest BCUT2D eigenvalue weighted by Crippen LogP contribution is -2.69. The van der Waals surface area contributed by atoms with E-state index in [-0.39, 0.29) is 0 Å². The van der Waals surface area contributed by atoms with Gasteiger partial charge in [0.2, 0.25) is 0 Å². The quantitative estimate of drug-likeness (QED) is 0.818. The number of rotatable bonds is 2. The molecule has 1 heterocycles. The molecule has 0 bridgehead atoms. The van der Waals surface area contributed by atoms with Crippen LogP contribution >= 0.6 is 0 Å². The first-order valence-electron chi connectivity index (χ1n) is 9.19. The van der Waals surface area contributed by atoms with E-state index in [0.29, 0.717) is 11.1 Å². The van der Waals surface area contributed by atoms with Gasteiger partial charge in [0.1, 0.15) is 0 Å². The monoisotopic (exact) mass is 278 g/mol. The molecule has 1 N–H and O–H groups in total. The fraction of sp³-hybridized carbons (Fsp3) is 1.00. The Morgan fingerprint density at radius 1 is 0.950 bits per heavy atom. The smallest absolute Gasteiger partial charge is 0.0309 e. The van der Waals surface area contributed by atoms with E-state index in [0.717, 1.165) is 6.04 Å². The molecule has 20 heavy (non-hydrogen) atoms. The van der Waals surface area contributed by atoms with Crippen LogP contribution in [-0.2, 0) is 0 Å². The minimum atomic E-state index is 0.463. The van der Waals surface area contributed by atoms with Crippen LogP contribution in [0.2, 0.25) is 0 Å². The Kier molecular flexibility index (Phi) is 4.42. The Labute approximate surface area is 125 Å². The Balaban J connectivity index is 1.77. The highest BCUT2D eigenvalue weighted by Crippen LogP contribution is 2.40. The zero-order valence-corrected chi connectivity index (χ0v) is 13.7. The van der Waals surface area contributed by atoms with Crippen molar-refractivity contribution in [3.8, 4) is 0 Å². The van der Waals surface area contributed by atoms with Gasteiger partial charge in [0, 0.05) is 30.2 Å². The second kappa shape index (κ2) is 5.96. The molecule has 0 amide bonds. The summed E-state index contributed by atoms with van der Waals surface area (Å²) in [5.74, 6) is 0. The van der Waals surface area contributed by atoms with Crippen molar-refractivity contribution < 1.29 is 0 Å². The van der Waals surface area contributed by atoms with Gasteiger partial charge in [-0.05, 0) is 39.0 Å². The van der Waals surface area contributed by atoms with Crippen LogP contribution < -0.4 is 5.32 Å². The molecule has 1 atom stereocenters. The molecular weight excluding hydrogens is 244 g/mol. The summed E-state index contributed by atoms with van der Waals surface area (Å²) in [6.45, 7) is 7.50. The molecule has 0 aromatic heterocycles. The average molecular weight is 278 g/mol. The first kappa shape index (κ1) is 14.8. The van der Waals surface area contributed by atoms with Gasteiger partial charge < -0.3 is 5.32 Å². The van der Waals surface area contributed by atoms with Crippen LogP contribution in [-0.4, -0.2) is 35.1 Å². The van der Waals surface area contributed by atoms with Gasteiger partial charge >= 0.3 is 0 Å². The molecule has 116 valence electrons. The third-order valence-electron chi connectivity index (χ3n) is 6.53. The molecule has 3 rings (SSSR count). The molecule has 2 nitrogen and oxygen atoms in total. The molecule has 2 saturated carbocycles. The zero-order chi connectivity index (χ0) is 14.1. The van der Waals surface area contributed by atoms with E-state index in [1.54, 1.807) is 0 Å². The highest BCUT2D eigenvalue weighted by Gasteiger charge is 2.45. The van der Waals surface area contributed by atoms with Crippen molar-refractivity contribution in [2.24, 2.45) is 0 Å². The van der Waals surface area contributed by atoms with Crippen LogP contribution in [0.1, 0.15) is 84.5 Å². The maximum Gasteiger partial charge on any atom is 0.0309 e. The van der Waals surface area contributed by atoms with Crippen molar-refractivity contribution in [1.82, 2.24) is 10.2 Å². The van der Waals surface area contributed by atoms with Gasteiger partial charge in [-0.25, -0.2) is 0 Å². The summed E-state index contributed by atoms with van der Waals surface area (Å²) in [6.07, 6.45) is 15.7. The van der Waals surface area contributed by atoms with Crippen molar-refractivity contribution in [3.63, 3.8) is 0 Å². The maximum atomic E-state index is 3.98. The van der Waals surface area contributed by atoms with Crippen LogP contribution in [0.15, 0.2) is 0 Å². The van der Waals surface area contributed by atoms with Crippen LogP contribution in [0.25, 0.3) is 0 Å². The average Bonchev–Trinajstić information content (AvgIpc) is 2.49. The summed E-state index contributed by atoms with van der Waals surface area (Å²) in [5, 5.41) is 3.98. The van der Waals surface area contributed by atoms with Gasteiger partial charge in [-0.3, -0.25) is 4.90 Å². The molecule has 0 radical (unpaired) electrons. The van der Waals surface area contributed by atoms with E-state index in [9.17, 15) is 0 Å². The molecule has 1 unspecified atom stereocenters. The zero-order valence-electron chi connectivity index (χ0n) is 13.7. The standard InChI is InChI=1S/C18H34N2/c1-3-16-14-19-18(12-8-5-9-13-18)15-20(16)17(2)10-6-4-7-11-17/h16,19H,3-15H2,1-2H3. The Morgan fingerprint density at radius 3 is 2.15 bits per heavy atom. The van der Waals surface area contributed by atoms with Crippen LogP contribution in [0.5, 0.6) is 0 Å². The second-order valence-electron chi connectivity index (χ2n) is 7.97. The Morgan fingerprint density at radius 2 is 1.55 bits per heavy atom. The third-order valence-corrected chi connectivity index (χ3v) is 6.53. The summed E-state index contributed by atoms with van der Waals surface area (Å²) in [5.41, 5.74) is 0.954. The van der Waals surface area contributed by atoms with Crippen LogP contribution in [0, 0.1) is 0 Å². The van der Waals surface area contributed by atoms with E-state index in [1.807, 2.05) is 0 Å². The molecule has 1 aliphatic heterocycles. The number of hydrogen-bond donors (Lipinski definition) is 1. The number of nitrogens with zero attached hydrogens (tertiary/aromatic N) is 1. The molecule has 0 aromatic carbocycles. The van der Waals surface area contributed by atoms with Crippen LogP contribution in [0.4, 0.5) is 0 Å². The number of piperazine rings is 1. The number of nitrogens with one attached hydrogen (secondary N) is 1. The van der Waals surface area contributed by atoms with Crippen molar-refractivity contribution in [3.05, 3.63) is 0 Å². The van der Waals surface area contributed by atoms with Crippen molar-refractivity contribution in [1.29, 1.82) is 0 Å². The normalized spacial score (nSPS) is 34.2. The van der Waals surface area contributed by atoms with E-state index in [1.165, 1.54) is 83.7 Å². The fourth-order valence-corrected chi connectivity index (χ4v) is 5.12. The van der Waals surface area contributed by atoms with Crippen molar-refractivity contribution in [2.75, 3.05) is 13.1 Å². The summed E-state index contributed by atoms with van der Waals surface area (Å²) in [4.78, 5) is 2.95. The molecule has 2 heteroatoms. The third kappa shape index (κ3) is 2.78. The minimum absolute atomic E-state index is 0.463. The van der Waals surface area contributed by atoms with Gasteiger partial charge in [-0.2, -0.15) is 0 Å². The van der Waals surface area contributed by atoms with Gasteiger partial charge in [0.05, 0.1) is 0 Å². The summed E-state index contributed by atoms with van der Waals surface area (Å²) >= 11 is 0. The second-order valence-corrected chi connectivity index (χ2v) is 7.97. The maximum absolute atomic E-state index is 3.98. The molecular formula is C18H34N2. The molecule has 1 saturated heterocycles. The fourth-order valence-electron chi connectivity index (χ4n) is 5.12. The Bertz CT molecular complexity index is 313. The van der Waals surface area contributed by atoms with Crippen molar-refractivity contribution in [2.45, 2.75) is 102 Å². The molecule has 3 fully saturated rings. The van der Waals surface area contributed by atoms with Gasteiger partial charge in [0.15, 0.2) is 0 Å². The van der Waals surface area contributed by atoms with Gasteiger partial charge in [-0.1, -0.05) is 45.4 Å². The predicted octanol–water partition coefficient (Wildman–Crippen LogP) is 4.10. The molecule has 1 spiro atoms.